The number of aromatic nitrogens is 6. The van der Waals surface area contributed by atoms with E-state index < -0.39 is 0 Å². The third-order valence-electron chi connectivity index (χ3n) is 6.99. The number of likely N-dealkylation sites (tertiary alicyclic amines) is 1. The number of ether oxygens (including phenoxy) is 1. The number of Topliss-reactive ketones (excluding diaryl/α,β-unsaturated/α-hetero) is 1. The van der Waals surface area contributed by atoms with Gasteiger partial charge in [0.2, 0.25) is 5.95 Å². The number of ketones is 1. The topological polar surface area (TPSA) is 103 Å². The first-order valence-corrected chi connectivity index (χ1v) is 13.7. The number of halogens is 2. The summed E-state index contributed by atoms with van der Waals surface area (Å²) >= 11 is 6.78. The van der Waals surface area contributed by atoms with Crippen LogP contribution in [0.2, 0.25) is 5.02 Å². The summed E-state index contributed by atoms with van der Waals surface area (Å²) in [4.78, 5) is 27.0. The van der Waals surface area contributed by atoms with Crippen molar-refractivity contribution >= 4 is 40.3 Å². The van der Waals surface area contributed by atoms with Crippen molar-refractivity contribution in [3.8, 4) is 11.5 Å². The second-order valence-electron chi connectivity index (χ2n) is 11.2. The minimum atomic E-state index is -0.343. The van der Waals surface area contributed by atoms with Crippen molar-refractivity contribution in [1.82, 2.24) is 34.2 Å². The molecule has 1 aliphatic rings. The Labute approximate surface area is 237 Å². The molecule has 0 aliphatic carbocycles. The van der Waals surface area contributed by atoms with Crippen LogP contribution in [0.25, 0.3) is 11.2 Å². The molecule has 1 N–H and O–H groups in total. The number of pyridine rings is 2. The van der Waals surface area contributed by atoms with Gasteiger partial charge >= 0.3 is 0 Å². The van der Waals surface area contributed by atoms with E-state index in [0.29, 0.717) is 51.7 Å². The highest BCUT2D eigenvalue weighted by molar-refractivity contribution is 6.36. The lowest BCUT2D eigenvalue weighted by Crippen LogP contribution is -2.26. The largest absolute Gasteiger partial charge is 0.454 e. The fraction of sp³-hybridized carbons (Fsp3) is 0.464. The lowest BCUT2D eigenvalue weighted by molar-refractivity contribution is -0.116. The van der Waals surface area contributed by atoms with Crippen LogP contribution in [0.1, 0.15) is 51.5 Å². The van der Waals surface area contributed by atoms with Gasteiger partial charge in [0, 0.05) is 62.5 Å². The number of nitrogens with one attached hydrogen (secondary N) is 1. The molecule has 0 unspecified atom stereocenters. The highest BCUT2D eigenvalue weighted by Gasteiger charge is 2.30. The van der Waals surface area contributed by atoms with E-state index in [1.54, 1.807) is 18.3 Å². The van der Waals surface area contributed by atoms with Crippen LogP contribution >= 0.6 is 11.6 Å². The van der Waals surface area contributed by atoms with Gasteiger partial charge < -0.3 is 14.6 Å². The predicted molar refractivity (Wildman–Crippen MR) is 152 cm³/mol. The number of hydrogen-bond donors (Lipinski definition) is 1. The van der Waals surface area contributed by atoms with Gasteiger partial charge in [-0.3, -0.25) is 19.4 Å². The van der Waals surface area contributed by atoms with Crippen LogP contribution in [-0.4, -0.2) is 66.3 Å². The Balaban J connectivity index is 1.42. The number of carbonyl (C=O) groups is 1. The lowest BCUT2D eigenvalue weighted by atomic mass is 9.91. The number of fused-ring (bicyclic) bond motifs is 1. The summed E-state index contributed by atoms with van der Waals surface area (Å²) in [5.74, 6) is 2.08. The molecule has 1 atom stereocenters. The molecule has 40 heavy (non-hydrogen) atoms. The summed E-state index contributed by atoms with van der Waals surface area (Å²) in [5, 5.41) is 8.61. The maximum Gasteiger partial charge on any atom is 0.210 e. The number of imidazole rings is 1. The zero-order valence-corrected chi connectivity index (χ0v) is 24.2. The Morgan fingerprint density at radius 3 is 2.80 bits per heavy atom. The molecule has 1 saturated heterocycles. The van der Waals surface area contributed by atoms with Crippen LogP contribution in [-0.2, 0) is 23.7 Å². The Morgan fingerprint density at radius 2 is 2.08 bits per heavy atom. The summed E-state index contributed by atoms with van der Waals surface area (Å²) in [6, 6.07) is 5.63. The van der Waals surface area contributed by atoms with Gasteiger partial charge in [-0.2, -0.15) is 10.1 Å². The van der Waals surface area contributed by atoms with Crippen LogP contribution in [0.4, 0.5) is 16.2 Å². The van der Waals surface area contributed by atoms with Crippen molar-refractivity contribution < 1.29 is 13.9 Å². The van der Waals surface area contributed by atoms with Crippen LogP contribution in [0.3, 0.4) is 0 Å². The molecule has 0 amide bonds. The zero-order valence-electron chi connectivity index (χ0n) is 23.4. The van der Waals surface area contributed by atoms with E-state index >= 15 is 0 Å². The smallest absolute Gasteiger partial charge is 0.210 e. The van der Waals surface area contributed by atoms with Gasteiger partial charge in [-0.1, -0.05) is 32.4 Å². The number of alkyl halides is 1. The monoisotopic (exact) mass is 568 g/mol. The van der Waals surface area contributed by atoms with Crippen LogP contribution in [0.5, 0.6) is 11.5 Å². The fourth-order valence-corrected chi connectivity index (χ4v) is 5.34. The molecule has 0 bridgehead atoms. The Morgan fingerprint density at radius 1 is 1.27 bits per heavy atom. The van der Waals surface area contributed by atoms with Crippen molar-refractivity contribution in [1.29, 1.82) is 0 Å². The standard InChI is InChI=1S/C28H34ClFN8O2/c1-17(39)12-18-13-20(6-9-31-18)40-21-15-32-26-25(24(21)29)36(5)27(34-26)33-23-14-22(28(2,3)4)38(35-23)19-7-10-37(16-19)11-8-30/h6,9,13-15,19H,7-8,10-12,16H2,1-5H3,(H,32,33,34,35)/t19-/m0/s1. The molecular formula is C28H34ClFN8O2. The summed E-state index contributed by atoms with van der Waals surface area (Å²) < 4.78 is 22.8. The molecule has 4 aromatic heterocycles. The summed E-state index contributed by atoms with van der Waals surface area (Å²) in [6.07, 6.45) is 4.27. The average Bonchev–Trinajstić information content (AvgIpc) is 3.59. The molecular weight excluding hydrogens is 535 g/mol. The summed E-state index contributed by atoms with van der Waals surface area (Å²) in [7, 11) is 1.85. The molecule has 0 spiro atoms. The van der Waals surface area contributed by atoms with Crippen molar-refractivity contribution in [2.75, 3.05) is 31.6 Å². The number of nitrogens with zero attached hydrogens (tertiary/aromatic N) is 7. The van der Waals surface area contributed by atoms with Gasteiger partial charge in [-0.05, 0) is 19.4 Å². The molecule has 12 heteroatoms. The fourth-order valence-electron chi connectivity index (χ4n) is 5.04. The van der Waals surface area contributed by atoms with E-state index in [0.717, 1.165) is 25.2 Å². The van der Waals surface area contributed by atoms with Crippen LogP contribution in [0, 0.1) is 0 Å². The van der Waals surface area contributed by atoms with E-state index in [4.69, 9.17) is 21.4 Å². The van der Waals surface area contributed by atoms with Crippen molar-refractivity contribution in [3.63, 3.8) is 0 Å². The average molecular weight is 569 g/mol. The lowest BCUT2D eigenvalue weighted by Gasteiger charge is -2.23. The second kappa shape index (κ2) is 11.1. The zero-order chi connectivity index (χ0) is 28.6. The molecule has 212 valence electrons. The Hall–Kier alpha value is -3.57. The molecule has 5 heterocycles. The number of hydrogen-bond acceptors (Lipinski definition) is 8. The Bertz CT molecular complexity index is 1540. The first-order valence-electron chi connectivity index (χ1n) is 13.3. The van der Waals surface area contributed by atoms with Gasteiger partial charge in [0.15, 0.2) is 17.2 Å². The van der Waals surface area contributed by atoms with Gasteiger partial charge in [0.1, 0.15) is 28.7 Å². The highest BCUT2D eigenvalue weighted by Crippen LogP contribution is 2.36. The van der Waals surface area contributed by atoms with Gasteiger partial charge in [0.05, 0.1) is 17.9 Å². The molecule has 1 aliphatic heterocycles. The van der Waals surface area contributed by atoms with Crippen LogP contribution in [0.15, 0.2) is 30.6 Å². The maximum absolute atomic E-state index is 12.9. The molecule has 1 fully saturated rings. The predicted octanol–water partition coefficient (Wildman–Crippen LogP) is 5.39. The van der Waals surface area contributed by atoms with Crippen molar-refractivity contribution in [2.45, 2.75) is 52.0 Å². The highest BCUT2D eigenvalue weighted by atomic mass is 35.5. The van der Waals surface area contributed by atoms with E-state index in [1.165, 1.54) is 13.1 Å². The third-order valence-corrected chi connectivity index (χ3v) is 7.35. The van der Waals surface area contributed by atoms with E-state index in [9.17, 15) is 9.18 Å². The Kier molecular flexibility index (Phi) is 7.78. The number of aryl methyl sites for hydroxylation is 1. The molecule has 10 nitrogen and oxygen atoms in total. The summed E-state index contributed by atoms with van der Waals surface area (Å²) in [5.41, 5.74) is 2.63. The number of anilines is 2. The molecule has 4 aromatic rings. The number of rotatable bonds is 9. The molecule has 0 aromatic carbocycles. The van der Waals surface area contributed by atoms with Gasteiger partial charge in [-0.25, -0.2) is 9.37 Å². The van der Waals surface area contributed by atoms with Gasteiger partial charge in [0.25, 0.3) is 0 Å². The molecule has 5 rings (SSSR count). The normalized spacial score (nSPS) is 16.1. The van der Waals surface area contributed by atoms with Gasteiger partial charge in [-0.15, -0.1) is 0 Å². The van der Waals surface area contributed by atoms with E-state index in [2.05, 4.69) is 50.6 Å². The van der Waals surface area contributed by atoms with Crippen LogP contribution < -0.4 is 10.1 Å². The SMILES string of the molecule is CC(=O)Cc1cc(Oc2cnc3nc(Nc4cc(C(C)(C)C)n([C@H]5CCN(CCF)C5)n4)n(C)c3c2Cl)ccn1. The quantitative estimate of drug-likeness (QED) is 0.286. The first-order chi connectivity index (χ1) is 19.0. The molecule has 0 radical (unpaired) electrons. The summed E-state index contributed by atoms with van der Waals surface area (Å²) in [6.45, 7) is 9.73. The maximum atomic E-state index is 12.9. The third kappa shape index (κ3) is 5.80. The van der Waals surface area contributed by atoms with Crippen molar-refractivity contribution in [3.05, 3.63) is 47.0 Å². The van der Waals surface area contributed by atoms with E-state index in [1.807, 2.05) is 17.7 Å². The minimum Gasteiger partial charge on any atom is -0.454 e. The molecule has 0 saturated carbocycles. The first kappa shape index (κ1) is 28.0. The van der Waals surface area contributed by atoms with Crippen molar-refractivity contribution in [2.24, 2.45) is 7.05 Å². The van der Waals surface area contributed by atoms with E-state index in [-0.39, 0.29) is 30.3 Å². The minimum absolute atomic E-state index is 0.0159. The second-order valence-corrected chi connectivity index (χ2v) is 11.6. The number of carbonyl (C=O) groups excluding carboxylic acids is 1.